The summed E-state index contributed by atoms with van der Waals surface area (Å²) < 4.78 is 38.8. The minimum atomic E-state index is -4.34. The highest BCUT2D eigenvalue weighted by Gasteiger charge is 2.31. The van der Waals surface area contributed by atoms with Gasteiger partial charge in [-0.2, -0.15) is 13.2 Å². The first-order chi connectivity index (χ1) is 13.9. The summed E-state index contributed by atoms with van der Waals surface area (Å²) >= 11 is 1.78. The summed E-state index contributed by atoms with van der Waals surface area (Å²) in [6.45, 7) is 4.85. The predicted octanol–water partition coefficient (Wildman–Crippen LogP) is 3.86. The molecule has 4 rings (SSSR count). The third kappa shape index (κ3) is 4.75. The van der Waals surface area contributed by atoms with E-state index >= 15 is 0 Å². The Morgan fingerprint density at radius 1 is 1.07 bits per heavy atom. The zero-order chi connectivity index (χ0) is 20.4. The van der Waals surface area contributed by atoms with Gasteiger partial charge in [0.2, 0.25) is 5.91 Å². The summed E-state index contributed by atoms with van der Waals surface area (Å²) in [5.41, 5.74) is 1.36. The number of hydrogen-bond donors (Lipinski definition) is 0. The Labute approximate surface area is 172 Å². The quantitative estimate of drug-likeness (QED) is 0.747. The Bertz CT molecular complexity index is 859. The van der Waals surface area contributed by atoms with E-state index in [0.29, 0.717) is 38.3 Å². The molecule has 8 heteroatoms. The summed E-state index contributed by atoms with van der Waals surface area (Å²) in [6.07, 6.45) is -2.81. The van der Waals surface area contributed by atoms with Crippen LogP contribution in [0.15, 0.2) is 35.7 Å². The Hall–Kier alpha value is -2.06. The summed E-state index contributed by atoms with van der Waals surface area (Å²) in [7, 11) is 0. The topological polar surface area (TPSA) is 26.8 Å². The molecule has 0 unspecified atom stereocenters. The highest BCUT2D eigenvalue weighted by Crippen LogP contribution is 2.32. The molecule has 2 aliphatic rings. The Morgan fingerprint density at radius 2 is 1.86 bits per heavy atom. The molecule has 0 saturated carbocycles. The van der Waals surface area contributed by atoms with Crippen LogP contribution >= 0.6 is 11.3 Å². The average molecular weight is 424 g/mol. The molecule has 1 fully saturated rings. The van der Waals surface area contributed by atoms with Crippen molar-refractivity contribution in [2.45, 2.75) is 25.6 Å². The molecular weight excluding hydrogens is 399 g/mol. The lowest BCUT2D eigenvalue weighted by atomic mass is 10.1. The van der Waals surface area contributed by atoms with E-state index in [1.54, 1.807) is 17.4 Å². The average Bonchev–Trinajstić information content (AvgIpc) is 3.19. The maximum atomic E-state index is 12.9. The van der Waals surface area contributed by atoms with Gasteiger partial charge in [0.25, 0.3) is 0 Å². The number of hydrogen-bond acceptors (Lipinski definition) is 4. The fourth-order valence-electron chi connectivity index (χ4n) is 3.98. The number of carbonyl (C=O) groups excluding carboxylic acids is 1. The van der Waals surface area contributed by atoms with Crippen molar-refractivity contribution in [3.63, 3.8) is 0 Å². The molecule has 2 aliphatic heterocycles. The van der Waals surface area contributed by atoms with Crippen molar-refractivity contribution in [2.24, 2.45) is 0 Å². The molecule has 2 aromatic rings. The molecule has 0 radical (unpaired) electrons. The molecule has 1 amide bonds. The number of alkyl halides is 3. The van der Waals surface area contributed by atoms with Gasteiger partial charge < -0.3 is 9.80 Å². The van der Waals surface area contributed by atoms with E-state index in [-0.39, 0.29) is 5.91 Å². The second kappa shape index (κ2) is 8.36. The van der Waals surface area contributed by atoms with E-state index in [1.807, 2.05) is 9.80 Å². The number of halogens is 3. The molecule has 0 atom stereocenters. The highest BCUT2D eigenvalue weighted by atomic mass is 32.1. The SMILES string of the molecule is O=C(CCN1CCc2ccsc2C1)N1CCN(c2cccc(C(F)(F)F)c2)CC1. The Morgan fingerprint density at radius 3 is 2.62 bits per heavy atom. The van der Waals surface area contributed by atoms with Crippen LogP contribution in [-0.2, 0) is 23.9 Å². The molecule has 0 bridgehead atoms. The second-order valence-corrected chi connectivity index (χ2v) is 8.56. The maximum Gasteiger partial charge on any atom is 0.416 e. The van der Waals surface area contributed by atoms with Crippen LogP contribution in [0.25, 0.3) is 0 Å². The lowest BCUT2D eigenvalue weighted by molar-refractivity contribution is -0.137. The maximum absolute atomic E-state index is 12.9. The van der Waals surface area contributed by atoms with Crippen LogP contribution in [0.5, 0.6) is 0 Å². The van der Waals surface area contributed by atoms with Crippen LogP contribution in [0.4, 0.5) is 18.9 Å². The van der Waals surface area contributed by atoms with Crippen LogP contribution in [0.1, 0.15) is 22.4 Å². The second-order valence-electron chi connectivity index (χ2n) is 7.56. The lowest BCUT2D eigenvalue weighted by Gasteiger charge is -2.37. The number of nitrogens with zero attached hydrogens (tertiary/aromatic N) is 3. The van der Waals surface area contributed by atoms with Crippen LogP contribution < -0.4 is 4.90 Å². The van der Waals surface area contributed by atoms with Crippen molar-refractivity contribution in [3.8, 4) is 0 Å². The van der Waals surface area contributed by atoms with Gasteiger partial charge in [-0.1, -0.05) is 6.07 Å². The van der Waals surface area contributed by atoms with Crippen molar-refractivity contribution < 1.29 is 18.0 Å². The van der Waals surface area contributed by atoms with Gasteiger partial charge in [0, 0.05) is 62.8 Å². The zero-order valence-electron chi connectivity index (χ0n) is 16.1. The Kier molecular flexibility index (Phi) is 5.83. The standard InChI is InChI=1S/C21H24F3N3OS/c22-21(23,24)17-2-1-3-18(14-17)26-9-11-27(12-10-26)20(28)5-8-25-7-4-16-6-13-29-19(16)15-25/h1-3,6,13-14H,4-5,7-12,15H2. The normalized spacial score (nSPS) is 18.0. The van der Waals surface area contributed by atoms with Crippen LogP contribution in [0.2, 0.25) is 0 Å². The van der Waals surface area contributed by atoms with Gasteiger partial charge >= 0.3 is 6.18 Å². The fourth-order valence-corrected chi connectivity index (χ4v) is 4.96. The summed E-state index contributed by atoms with van der Waals surface area (Å²) in [6, 6.07) is 7.59. The summed E-state index contributed by atoms with van der Waals surface area (Å²) in [5.74, 6) is 0.130. The van der Waals surface area contributed by atoms with Gasteiger partial charge in [0.15, 0.2) is 0 Å². The number of piperazine rings is 1. The van der Waals surface area contributed by atoms with E-state index in [4.69, 9.17) is 0 Å². The first kappa shape index (κ1) is 20.2. The first-order valence-electron chi connectivity index (χ1n) is 9.88. The number of fused-ring (bicyclic) bond motifs is 1. The number of thiophene rings is 1. The number of carbonyl (C=O) groups is 1. The molecule has 0 aliphatic carbocycles. The van der Waals surface area contributed by atoms with Crippen molar-refractivity contribution in [3.05, 3.63) is 51.7 Å². The number of amides is 1. The molecular formula is C21H24F3N3OS. The molecule has 1 saturated heterocycles. The molecule has 0 spiro atoms. The molecule has 4 nitrogen and oxygen atoms in total. The van der Waals surface area contributed by atoms with Crippen LogP contribution in [-0.4, -0.2) is 55.0 Å². The zero-order valence-corrected chi connectivity index (χ0v) is 16.9. The van der Waals surface area contributed by atoms with Gasteiger partial charge in [-0.05, 0) is 41.6 Å². The molecule has 156 valence electrons. The summed E-state index contributed by atoms with van der Waals surface area (Å²) in [5, 5.41) is 2.13. The highest BCUT2D eigenvalue weighted by molar-refractivity contribution is 7.10. The smallest absolute Gasteiger partial charge is 0.368 e. The largest absolute Gasteiger partial charge is 0.416 e. The van der Waals surface area contributed by atoms with E-state index in [1.165, 1.54) is 22.6 Å². The third-order valence-corrected chi connectivity index (χ3v) is 6.66. The number of rotatable bonds is 4. The van der Waals surface area contributed by atoms with Crippen LogP contribution in [0.3, 0.4) is 0 Å². The van der Waals surface area contributed by atoms with E-state index in [0.717, 1.165) is 32.1 Å². The minimum Gasteiger partial charge on any atom is -0.368 e. The molecule has 1 aromatic heterocycles. The van der Waals surface area contributed by atoms with Gasteiger partial charge in [0.05, 0.1) is 5.56 Å². The molecule has 0 N–H and O–H groups in total. The predicted molar refractivity (Wildman–Crippen MR) is 108 cm³/mol. The molecule has 29 heavy (non-hydrogen) atoms. The third-order valence-electron chi connectivity index (χ3n) is 5.72. The number of anilines is 1. The van der Waals surface area contributed by atoms with Gasteiger partial charge in [-0.15, -0.1) is 11.3 Å². The van der Waals surface area contributed by atoms with Gasteiger partial charge in [-0.25, -0.2) is 0 Å². The lowest BCUT2D eigenvalue weighted by Crippen LogP contribution is -2.49. The van der Waals surface area contributed by atoms with Crippen molar-refractivity contribution in [1.82, 2.24) is 9.80 Å². The minimum absolute atomic E-state index is 0.130. The van der Waals surface area contributed by atoms with E-state index < -0.39 is 11.7 Å². The first-order valence-corrected chi connectivity index (χ1v) is 10.8. The van der Waals surface area contributed by atoms with E-state index in [2.05, 4.69) is 16.3 Å². The van der Waals surface area contributed by atoms with Gasteiger partial charge in [0.1, 0.15) is 0 Å². The fraction of sp³-hybridized carbons (Fsp3) is 0.476. The van der Waals surface area contributed by atoms with Crippen molar-refractivity contribution in [1.29, 1.82) is 0 Å². The molecule has 1 aromatic carbocycles. The van der Waals surface area contributed by atoms with E-state index in [9.17, 15) is 18.0 Å². The summed E-state index contributed by atoms with van der Waals surface area (Å²) in [4.78, 5) is 20.1. The number of benzene rings is 1. The van der Waals surface area contributed by atoms with Crippen molar-refractivity contribution >= 4 is 22.9 Å². The Balaban J connectivity index is 1.26. The van der Waals surface area contributed by atoms with Crippen molar-refractivity contribution in [2.75, 3.05) is 44.2 Å². The monoisotopic (exact) mass is 423 g/mol. The van der Waals surface area contributed by atoms with Gasteiger partial charge in [-0.3, -0.25) is 9.69 Å². The molecule has 3 heterocycles. The van der Waals surface area contributed by atoms with Crippen LogP contribution in [0, 0.1) is 0 Å².